The Bertz CT molecular complexity index is 952. The van der Waals surface area contributed by atoms with Gasteiger partial charge in [0.2, 0.25) is 5.91 Å². The molecule has 3 aromatic rings. The summed E-state index contributed by atoms with van der Waals surface area (Å²) in [5, 5.41) is 6.86. The zero-order chi connectivity index (χ0) is 21.5. The molecule has 1 saturated heterocycles. The van der Waals surface area contributed by atoms with Crippen LogP contribution in [-0.2, 0) is 11.4 Å². The van der Waals surface area contributed by atoms with Crippen molar-refractivity contribution in [2.75, 3.05) is 6.54 Å². The van der Waals surface area contributed by atoms with Gasteiger partial charge in [-0.2, -0.15) is 0 Å². The average Bonchev–Trinajstić information content (AvgIpc) is 3.37. The Labute approximate surface area is 184 Å². The summed E-state index contributed by atoms with van der Waals surface area (Å²) >= 11 is 0. The van der Waals surface area contributed by atoms with Crippen molar-refractivity contribution in [3.8, 4) is 5.75 Å². The molecule has 160 valence electrons. The van der Waals surface area contributed by atoms with Crippen LogP contribution >= 0.6 is 0 Å². The van der Waals surface area contributed by atoms with Crippen LogP contribution in [-0.4, -0.2) is 18.5 Å². The van der Waals surface area contributed by atoms with Crippen molar-refractivity contribution in [2.24, 2.45) is 0 Å². The van der Waals surface area contributed by atoms with E-state index in [9.17, 15) is 4.79 Å². The average molecular weight is 415 g/mol. The molecule has 0 radical (unpaired) electrons. The van der Waals surface area contributed by atoms with E-state index in [0.29, 0.717) is 6.61 Å². The molecule has 4 nitrogen and oxygen atoms in total. The van der Waals surface area contributed by atoms with Crippen LogP contribution < -0.4 is 15.4 Å². The van der Waals surface area contributed by atoms with Gasteiger partial charge in [-0.05, 0) is 55.1 Å². The molecular formula is C27H30N2O2. The van der Waals surface area contributed by atoms with E-state index in [0.717, 1.165) is 41.8 Å². The second-order valence-corrected chi connectivity index (χ2v) is 8.16. The van der Waals surface area contributed by atoms with Crippen LogP contribution in [0.2, 0.25) is 0 Å². The first-order valence-corrected chi connectivity index (χ1v) is 11.1. The highest BCUT2D eigenvalue weighted by Crippen LogP contribution is 2.27. The first-order valence-electron chi connectivity index (χ1n) is 11.1. The lowest BCUT2D eigenvalue weighted by Gasteiger charge is -2.27. The minimum atomic E-state index is -0.196. The number of carbonyl (C=O) groups excluding carboxylic acids is 1. The maximum atomic E-state index is 13.0. The van der Waals surface area contributed by atoms with Crippen molar-refractivity contribution >= 4 is 5.91 Å². The lowest BCUT2D eigenvalue weighted by atomic mass is 9.95. The predicted octanol–water partition coefficient (Wildman–Crippen LogP) is 4.98. The summed E-state index contributed by atoms with van der Waals surface area (Å²) in [6.45, 7) is 3.49. The van der Waals surface area contributed by atoms with Crippen LogP contribution in [0.4, 0.5) is 0 Å². The summed E-state index contributed by atoms with van der Waals surface area (Å²) in [7, 11) is 0. The van der Waals surface area contributed by atoms with Crippen LogP contribution in [0.25, 0.3) is 0 Å². The second-order valence-electron chi connectivity index (χ2n) is 8.16. The molecule has 4 heteroatoms. The van der Waals surface area contributed by atoms with Crippen molar-refractivity contribution in [1.82, 2.24) is 10.6 Å². The molecule has 31 heavy (non-hydrogen) atoms. The Kier molecular flexibility index (Phi) is 7.00. The summed E-state index contributed by atoms with van der Waals surface area (Å²) < 4.78 is 5.93. The van der Waals surface area contributed by atoms with Gasteiger partial charge in [0.15, 0.2) is 0 Å². The lowest BCUT2D eigenvalue weighted by molar-refractivity contribution is -0.123. The van der Waals surface area contributed by atoms with E-state index < -0.39 is 0 Å². The molecule has 2 N–H and O–H groups in total. The molecule has 0 saturated carbocycles. The maximum Gasteiger partial charge on any atom is 0.227 e. The van der Waals surface area contributed by atoms with Crippen LogP contribution in [0.1, 0.15) is 48.4 Å². The Morgan fingerprint density at radius 3 is 2.29 bits per heavy atom. The van der Waals surface area contributed by atoms with Gasteiger partial charge in [0.25, 0.3) is 0 Å². The highest BCUT2D eigenvalue weighted by molar-refractivity contribution is 5.83. The van der Waals surface area contributed by atoms with E-state index in [2.05, 4.69) is 34.9 Å². The minimum Gasteiger partial charge on any atom is -0.489 e. The van der Waals surface area contributed by atoms with Crippen LogP contribution in [0, 0.1) is 0 Å². The van der Waals surface area contributed by atoms with Crippen LogP contribution in [0.3, 0.4) is 0 Å². The quantitative estimate of drug-likeness (QED) is 0.547. The van der Waals surface area contributed by atoms with Gasteiger partial charge >= 0.3 is 0 Å². The number of ether oxygens (including phenoxy) is 1. The fourth-order valence-corrected chi connectivity index (χ4v) is 4.10. The van der Waals surface area contributed by atoms with Gasteiger partial charge in [-0.3, -0.25) is 4.79 Å². The van der Waals surface area contributed by atoms with Gasteiger partial charge in [0.05, 0.1) is 12.0 Å². The van der Waals surface area contributed by atoms with E-state index in [1.54, 1.807) is 0 Å². The molecule has 3 aromatic carbocycles. The normalized spacial score (nSPS) is 17.6. The predicted molar refractivity (Wildman–Crippen MR) is 124 cm³/mol. The van der Waals surface area contributed by atoms with E-state index >= 15 is 0 Å². The number of amides is 1. The highest BCUT2D eigenvalue weighted by atomic mass is 16.5. The molecule has 1 amide bonds. The minimum absolute atomic E-state index is 0.0503. The maximum absolute atomic E-state index is 13.0. The van der Waals surface area contributed by atoms with Gasteiger partial charge in [0, 0.05) is 6.04 Å². The van der Waals surface area contributed by atoms with Crippen LogP contribution in [0.5, 0.6) is 5.75 Å². The largest absolute Gasteiger partial charge is 0.489 e. The Balaban J connectivity index is 1.45. The SMILES string of the molecule is C[C@H](C(=O)N[C@H](c1ccc(OCc2ccccc2)cc1)[C@H]1CCCN1)c1ccccc1. The molecule has 1 aliphatic rings. The first kappa shape index (κ1) is 21.1. The molecule has 0 spiro atoms. The number of nitrogens with one attached hydrogen (secondary N) is 2. The fraction of sp³-hybridized carbons (Fsp3) is 0.296. The summed E-state index contributed by atoms with van der Waals surface area (Å²) in [6, 6.07) is 28.4. The number of carbonyl (C=O) groups is 1. The second kappa shape index (κ2) is 10.3. The summed E-state index contributed by atoms with van der Waals surface area (Å²) in [4.78, 5) is 13.0. The van der Waals surface area contributed by atoms with Crippen molar-refractivity contribution < 1.29 is 9.53 Å². The Hall–Kier alpha value is -3.11. The van der Waals surface area contributed by atoms with Gasteiger partial charge < -0.3 is 15.4 Å². The molecule has 1 fully saturated rings. The van der Waals surface area contributed by atoms with Gasteiger partial charge in [0.1, 0.15) is 12.4 Å². The third-order valence-electron chi connectivity index (χ3n) is 5.98. The summed E-state index contributed by atoms with van der Waals surface area (Å²) in [6.07, 6.45) is 2.18. The third kappa shape index (κ3) is 5.53. The number of benzene rings is 3. The van der Waals surface area contributed by atoms with Crippen molar-refractivity contribution in [2.45, 2.75) is 44.4 Å². The molecule has 0 aliphatic carbocycles. The number of hydrogen-bond donors (Lipinski definition) is 2. The molecule has 4 rings (SSSR count). The van der Waals surface area contributed by atoms with E-state index in [-0.39, 0.29) is 23.9 Å². The van der Waals surface area contributed by atoms with Gasteiger partial charge in [-0.25, -0.2) is 0 Å². The molecule has 0 bridgehead atoms. The topological polar surface area (TPSA) is 50.4 Å². The zero-order valence-electron chi connectivity index (χ0n) is 18.0. The third-order valence-corrected chi connectivity index (χ3v) is 5.98. The van der Waals surface area contributed by atoms with Crippen molar-refractivity contribution in [3.05, 3.63) is 102 Å². The molecule has 1 heterocycles. The summed E-state index contributed by atoms with van der Waals surface area (Å²) in [5.41, 5.74) is 3.27. The van der Waals surface area contributed by atoms with Crippen molar-refractivity contribution in [1.29, 1.82) is 0 Å². The Morgan fingerprint density at radius 2 is 1.65 bits per heavy atom. The van der Waals surface area contributed by atoms with Gasteiger partial charge in [-0.15, -0.1) is 0 Å². The molecule has 0 aromatic heterocycles. The fourth-order valence-electron chi connectivity index (χ4n) is 4.10. The number of hydrogen-bond acceptors (Lipinski definition) is 3. The molecule has 1 aliphatic heterocycles. The molecular weight excluding hydrogens is 384 g/mol. The highest BCUT2D eigenvalue weighted by Gasteiger charge is 2.29. The Morgan fingerprint density at radius 1 is 0.968 bits per heavy atom. The number of rotatable bonds is 8. The zero-order valence-corrected chi connectivity index (χ0v) is 18.0. The summed E-state index contributed by atoms with van der Waals surface area (Å²) in [5.74, 6) is 0.683. The molecule has 0 unspecified atom stereocenters. The van der Waals surface area contributed by atoms with E-state index in [1.165, 1.54) is 0 Å². The monoisotopic (exact) mass is 414 g/mol. The lowest BCUT2D eigenvalue weighted by Crippen LogP contribution is -2.42. The standard InChI is InChI=1S/C27H30N2O2/c1-20(22-11-6-3-7-12-22)27(30)29-26(25-13-8-18-28-25)23-14-16-24(17-15-23)31-19-21-9-4-2-5-10-21/h2-7,9-12,14-17,20,25-26,28H,8,13,18-19H2,1H3,(H,29,30)/t20-,25+,26+/m0/s1. The van der Waals surface area contributed by atoms with E-state index in [1.807, 2.05) is 67.6 Å². The van der Waals surface area contributed by atoms with Crippen molar-refractivity contribution in [3.63, 3.8) is 0 Å². The smallest absolute Gasteiger partial charge is 0.227 e. The van der Waals surface area contributed by atoms with Gasteiger partial charge in [-0.1, -0.05) is 72.8 Å². The van der Waals surface area contributed by atoms with Crippen LogP contribution in [0.15, 0.2) is 84.9 Å². The first-order chi connectivity index (χ1) is 15.2. The molecule has 3 atom stereocenters. The van der Waals surface area contributed by atoms with E-state index in [4.69, 9.17) is 4.74 Å².